The molecule has 18 heteroatoms. The molecule has 0 aliphatic heterocycles. The van der Waals surface area contributed by atoms with Crippen LogP contribution < -0.4 is 9.13 Å². The molecule has 2 aromatic heterocycles. The summed E-state index contributed by atoms with van der Waals surface area (Å²) < 4.78 is 126. The van der Waals surface area contributed by atoms with E-state index in [9.17, 15) is 50.4 Å². The van der Waals surface area contributed by atoms with Crippen LogP contribution in [0.25, 0.3) is 67.0 Å². The fourth-order valence-electron chi connectivity index (χ4n) is 10.3. The predicted molar refractivity (Wildman–Crippen MR) is 362 cm³/mol. The molecule has 0 aliphatic rings. The van der Waals surface area contributed by atoms with Crippen LogP contribution in [0.1, 0.15) is 79.5 Å². The zero-order valence-corrected chi connectivity index (χ0v) is 52.8. The van der Waals surface area contributed by atoms with Crippen LogP contribution in [0.15, 0.2) is 279 Å². The molecule has 0 saturated heterocycles. The zero-order valence-electron chi connectivity index (χ0n) is 49.4. The van der Waals surface area contributed by atoms with E-state index in [1.54, 1.807) is 0 Å². The number of para-hydroxylation sites is 2. The number of aromatic nitrogens is 2. The normalized spacial score (nSPS) is 13.0. The van der Waals surface area contributed by atoms with Crippen molar-refractivity contribution in [1.82, 2.24) is 0 Å². The van der Waals surface area contributed by atoms with Crippen LogP contribution in [-0.2, 0) is 13.1 Å². The molecule has 2 nitrogen and oxygen atoms in total. The average Bonchev–Trinajstić information content (AvgIpc) is 1.16. The van der Waals surface area contributed by atoms with Gasteiger partial charge in [-0.1, -0.05) is 277 Å². The third kappa shape index (κ3) is 20.5. The molecule has 0 spiro atoms. The minimum atomic E-state index is -10.7. The fraction of sp³-hybridized carbons (Fsp3) is 0.0541. The summed E-state index contributed by atoms with van der Waals surface area (Å²) >= 11 is 3.68. The topological polar surface area (TPSA) is 7.76 Å². The minimum absolute atomic E-state index is 0.954. The maximum absolute atomic E-state index is 10.7. The molecule has 0 radical (unpaired) electrons. The van der Waals surface area contributed by atoms with Crippen molar-refractivity contribution in [3.05, 3.63) is 345 Å². The monoisotopic (exact) mass is 1330 g/mol. The SMILES string of the molecule is CC[n+]1c(/C=C/c2ccc(C(=C(c3ccccc3)c3ccccc3)c3ccccc3)cc2)sc2ccccc21.CC[n+]1c(/C=C/c2ccc(C(=C(c3ccccc3)c3ccccc3)c3ccccc3)cc2)sc2ccccc21.F[P-](F)(F)(F)(F)F.F[P-](F)(F)(F)(F)F. The Labute approximate surface area is 533 Å². The van der Waals surface area contributed by atoms with Gasteiger partial charge in [0.15, 0.2) is 0 Å². The van der Waals surface area contributed by atoms with E-state index in [4.69, 9.17) is 0 Å². The van der Waals surface area contributed by atoms with Crippen molar-refractivity contribution < 1.29 is 59.5 Å². The number of benzene rings is 10. The van der Waals surface area contributed by atoms with E-state index in [-0.39, 0.29) is 0 Å². The van der Waals surface area contributed by atoms with Gasteiger partial charge in [0.25, 0.3) is 10.0 Å². The molecule has 0 N–H and O–H groups in total. The van der Waals surface area contributed by atoms with Gasteiger partial charge in [-0.25, -0.2) is 0 Å². The Morgan fingerprint density at radius 2 is 0.467 bits per heavy atom. The van der Waals surface area contributed by atoms with Crippen LogP contribution >= 0.6 is 38.3 Å². The molecule has 0 saturated carbocycles. The zero-order chi connectivity index (χ0) is 65.7. The van der Waals surface area contributed by atoms with Crippen LogP contribution in [0, 0.1) is 0 Å². The molecule has 472 valence electrons. The summed E-state index contributed by atoms with van der Waals surface area (Å²) in [7, 11) is -21.3. The molecular weight excluding hydrogens is 1270 g/mol. The molecule has 0 amide bonds. The van der Waals surface area contributed by atoms with E-state index < -0.39 is 15.6 Å². The van der Waals surface area contributed by atoms with Crippen molar-refractivity contribution in [3.63, 3.8) is 0 Å². The summed E-state index contributed by atoms with van der Waals surface area (Å²) in [6.45, 7) is 6.32. The number of hydrogen-bond acceptors (Lipinski definition) is 2. The van der Waals surface area contributed by atoms with E-state index in [0.29, 0.717) is 0 Å². The van der Waals surface area contributed by atoms with Gasteiger partial charge < -0.3 is 0 Å². The van der Waals surface area contributed by atoms with Crippen molar-refractivity contribution in [3.8, 4) is 0 Å². The molecule has 0 atom stereocenters. The number of aryl methyl sites for hydroxylation is 2. The number of nitrogens with zero attached hydrogens (tertiary/aromatic N) is 2. The van der Waals surface area contributed by atoms with Gasteiger partial charge in [-0.05, 0) is 116 Å². The Balaban J connectivity index is 0.000000180. The van der Waals surface area contributed by atoms with Crippen LogP contribution in [-0.4, -0.2) is 0 Å². The van der Waals surface area contributed by atoms with Crippen molar-refractivity contribution in [2.45, 2.75) is 26.9 Å². The Morgan fingerprint density at radius 3 is 0.685 bits per heavy atom. The third-order valence-corrected chi connectivity index (χ3v) is 16.3. The van der Waals surface area contributed by atoms with E-state index in [2.05, 4.69) is 326 Å². The maximum atomic E-state index is 9.87. The van der Waals surface area contributed by atoms with E-state index >= 15 is 0 Å². The summed E-state index contributed by atoms with van der Waals surface area (Å²) in [6.07, 6.45) is 8.94. The first kappa shape index (κ1) is 67.4. The second-order valence-electron chi connectivity index (χ2n) is 20.8. The number of hydrogen-bond donors (Lipinski definition) is 0. The van der Waals surface area contributed by atoms with Gasteiger partial charge in [0, 0.05) is 24.3 Å². The number of thiazole rings is 2. The van der Waals surface area contributed by atoms with Gasteiger partial charge in [0.05, 0.1) is 0 Å². The van der Waals surface area contributed by atoms with Gasteiger partial charge >= 0.3 is 66.0 Å². The number of halogens is 12. The van der Waals surface area contributed by atoms with Crippen LogP contribution in [0.2, 0.25) is 0 Å². The molecule has 12 aromatic rings. The Kier molecular flexibility index (Phi) is 19.8. The van der Waals surface area contributed by atoms with Gasteiger partial charge in [0.1, 0.15) is 22.5 Å². The van der Waals surface area contributed by atoms with Gasteiger partial charge in [-0.2, -0.15) is 9.13 Å². The Bertz CT molecular complexity index is 4160. The van der Waals surface area contributed by atoms with E-state index in [1.807, 2.05) is 22.7 Å². The van der Waals surface area contributed by atoms with Gasteiger partial charge in [-0.15, -0.1) is 0 Å². The van der Waals surface area contributed by atoms with E-state index in [1.165, 1.54) is 108 Å². The van der Waals surface area contributed by atoms with Crippen molar-refractivity contribution >= 4 is 105 Å². The molecule has 0 fully saturated rings. The second kappa shape index (κ2) is 27.0. The average molecular weight is 1330 g/mol. The number of fused-ring (bicyclic) bond motifs is 2. The van der Waals surface area contributed by atoms with Crippen LogP contribution in [0.5, 0.6) is 0 Å². The Morgan fingerprint density at radius 1 is 0.272 bits per heavy atom. The molecule has 2 heterocycles. The van der Waals surface area contributed by atoms with Crippen LogP contribution in [0.4, 0.5) is 50.4 Å². The molecular formula is C74H60F12N2P2S2. The molecule has 10 aromatic carbocycles. The quantitative estimate of drug-likeness (QED) is 0.0444. The van der Waals surface area contributed by atoms with Crippen LogP contribution in [0.3, 0.4) is 0 Å². The van der Waals surface area contributed by atoms with E-state index in [0.717, 1.165) is 13.1 Å². The second-order valence-corrected chi connectivity index (χ2v) is 26.8. The Hall–Kier alpha value is -9.04. The van der Waals surface area contributed by atoms with Gasteiger partial charge in [-0.3, -0.25) is 0 Å². The first-order valence-corrected chi connectivity index (χ1v) is 34.6. The molecule has 12 rings (SSSR count). The standard InChI is InChI=1S/2C37H30NS.2F6P/c2*1-2-38-33-20-12-13-21-34(33)39-35(38)27-24-28-22-25-32(26-23-28)37(31-18-10-5-11-19-31)36(29-14-6-3-7-15-29)30-16-8-4-9-17-30;2*1-7(2,3,4,5)6/h2*3-27H,2H2,1H3;;/q2*+1;2*-1/b2*27-24+;;. The first-order valence-electron chi connectivity index (χ1n) is 28.9. The molecule has 0 unspecified atom stereocenters. The van der Waals surface area contributed by atoms with Crippen molar-refractivity contribution in [2.24, 2.45) is 0 Å². The van der Waals surface area contributed by atoms with Crippen molar-refractivity contribution in [1.29, 1.82) is 0 Å². The number of rotatable bonds is 14. The summed E-state index contributed by atoms with van der Waals surface area (Å²) in [4.78, 5) is 0. The predicted octanol–water partition coefficient (Wildman–Crippen LogP) is 25.5. The molecule has 92 heavy (non-hydrogen) atoms. The van der Waals surface area contributed by atoms with Crippen molar-refractivity contribution in [2.75, 3.05) is 0 Å². The summed E-state index contributed by atoms with van der Waals surface area (Å²) in [5.74, 6) is 0. The summed E-state index contributed by atoms with van der Waals surface area (Å²) in [5, 5.41) is 2.53. The van der Waals surface area contributed by atoms with Gasteiger partial charge in [0.2, 0.25) is 11.0 Å². The molecule has 0 bridgehead atoms. The molecule has 0 aliphatic carbocycles. The first-order chi connectivity index (χ1) is 43.5. The summed E-state index contributed by atoms with van der Waals surface area (Å²) in [6, 6.07) is 99.6. The fourth-order valence-corrected chi connectivity index (χ4v) is 12.6. The summed E-state index contributed by atoms with van der Waals surface area (Å²) in [5.41, 5.74) is 19.6. The third-order valence-electron chi connectivity index (χ3n) is 14.0.